The Morgan fingerprint density at radius 1 is 1.22 bits per heavy atom. The fraction of sp³-hybridized carbons (Fsp3) is 0.167. The Morgan fingerprint density at radius 3 is 2.61 bits per heavy atom. The summed E-state index contributed by atoms with van der Waals surface area (Å²) in [5.41, 5.74) is 0.614. The van der Waals surface area contributed by atoms with E-state index < -0.39 is 5.97 Å². The van der Waals surface area contributed by atoms with Gasteiger partial charge < -0.3 is 13.9 Å². The largest absolute Gasteiger partial charge is 0.465 e. The highest BCUT2D eigenvalue weighted by molar-refractivity contribution is 6.34. The van der Waals surface area contributed by atoms with Crippen molar-refractivity contribution in [1.82, 2.24) is 0 Å². The molecule has 0 aliphatic rings. The number of benzene rings is 2. The van der Waals surface area contributed by atoms with Gasteiger partial charge in [-0.15, -0.1) is 0 Å². The molecule has 4 nitrogen and oxygen atoms in total. The van der Waals surface area contributed by atoms with Crippen LogP contribution in [0.15, 0.2) is 46.9 Å². The number of ether oxygens (including phenoxy) is 2. The average Bonchev–Trinajstić information content (AvgIpc) is 2.98. The second kappa shape index (κ2) is 6.34. The number of aryl methyl sites for hydroxylation is 1. The van der Waals surface area contributed by atoms with Crippen molar-refractivity contribution in [3.8, 4) is 11.5 Å². The van der Waals surface area contributed by atoms with Crippen LogP contribution in [0, 0.1) is 0 Å². The third-order valence-electron chi connectivity index (χ3n) is 3.47. The monoisotopic (exact) mass is 330 g/mol. The fourth-order valence-electron chi connectivity index (χ4n) is 2.35. The number of fused-ring (bicyclic) bond motifs is 1. The van der Waals surface area contributed by atoms with Gasteiger partial charge in [-0.3, -0.25) is 0 Å². The van der Waals surface area contributed by atoms with Crippen molar-refractivity contribution in [2.75, 3.05) is 7.11 Å². The summed E-state index contributed by atoms with van der Waals surface area (Å²) in [5.74, 6) is 1.01. The van der Waals surface area contributed by atoms with E-state index in [1.807, 2.05) is 31.2 Å². The molecule has 0 atom stereocenters. The SMILES string of the molecule is CCc1cc2cc(Cl)c(Oc3ccccc3)c(C(=O)OC)c2o1. The maximum atomic E-state index is 12.3. The van der Waals surface area contributed by atoms with Crippen molar-refractivity contribution in [2.45, 2.75) is 13.3 Å². The first-order chi connectivity index (χ1) is 11.1. The molecular weight excluding hydrogens is 316 g/mol. The van der Waals surface area contributed by atoms with Gasteiger partial charge in [0.25, 0.3) is 0 Å². The first-order valence-electron chi connectivity index (χ1n) is 7.20. The van der Waals surface area contributed by atoms with Crippen LogP contribution in [-0.4, -0.2) is 13.1 Å². The van der Waals surface area contributed by atoms with Crippen LogP contribution in [0.1, 0.15) is 23.0 Å². The molecule has 0 saturated heterocycles. The second-order valence-electron chi connectivity index (χ2n) is 4.95. The number of carbonyl (C=O) groups excluding carboxylic acids is 1. The Kier molecular flexibility index (Phi) is 4.26. The minimum atomic E-state index is -0.555. The summed E-state index contributed by atoms with van der Waals surface area (Å²) in [7, 11) is 1.31. The van der Waals surface area contributed by atoms with Crippen LogP contribution in [0.5, 0.6) is 11.5 Å². The standard InChI is InChI=1S/C18H15ClO4/c1-3-12-9-11-10-14(19)17(23-13-7-5-4-6-8-13)15(16(11)22-12)18(20)21-2/h4-10H,3H2,1-2H3. The van der Waals surface area contributed by atoms with Crippen molar-refractivity contribution in [3.05, 3.63) is 58.8 Å². The molecule has 0 spiro atoms. The van der Waals surface area contributed by atoms with E-state index in [1.165, 1.54) is 7.11 Å². The smallest absolute Gasteiger partial charge is 0.345 e. The van der Waals surface area contributed by atoms with Crippen LogP contribution in [0.2, 0.25) is 5.02 Å². The highest BCUT2D eigenvalue weighted by Crippen LogP contribution is 2.40. The van der Waals surface area contributed by atoms with Crippen LogP contribution in [-0.2, 0) is 11.2 Å². The van der Waals surface area contributed by atoms with Crippen LogP contribution in [0.25, 0.3) is 11.0 Å². The van der Waals surface area contributed by atoms with Gasteiger partial charge in [0.15, 0.2) is 11.3 Å². The maximum absolute atomic E-state index is 12.3. The average molecular weight is 331 g/mol. The Bertz CT molecular complexity index is 852. The lowest BCUT2D eigenvalue weighted by molar-refractivity contribution is 0.0599. The molecule has 5 heteroatoms. The van der Waals surface area contributed by atoms with E-state index in [2.05, 4.69) is 0 Å². The maximum Gasteiger partial charge on any atom is 0.345 e. The number of rotatable bonds is 4. The van der Waals surface area contributed by atoms with E-state index in [0.717, 1.165) is 11.1 Å². The first-order valence-corrected chi connectivity index (χ1v) is 7.58. The summed E-state index contributed by atoms with van der Waals surface area (Å²) in [5, 5.41) is 1.07. The van der Waals surface area contributed by atoms with Gasteiger partial charge in [0.05, 0.1) is 12.1 Å². The number of hydrogen-bond donors (Lipinski definition) is 0. The summed E-state index contributed by atoms with van der Waals surface area (Å²) in [4.78, 5) is 12.3. The zero-order valence-electron chi connectivity index (χ0n) is 12.8. The zero-order valence-corrected chi connectivity index (χ0v) is 13.5. The van der Waals surface area contributed by atoms with Crippen LogP contribution >= 0.6 is 11.6 Å². The molecule has 0 amide bonds. The lowest BCUT2D eigenvalue weighted by Gasteiger charge is -2.12. The molecule has 0 aliphatic heterocycles. The van der Waals surface area contributed by atoms with Gasteiger partial charge in [0.2, 0.25) is 0 Å². The molecule has 0 fully saturated rings. The highest BCUT2D eigenvalue weighted by Gasteiger charge is 2.24. The Hall–Kier alpha value is -2.46. The van der Waals surface area contributed by atoms with E-state index >= 15 is 0 Å². The zero-order chi connectivity index (χ0) is 16.4. The fourth-order valence-corrected chi connectivity index (χ4v) is 2.60. The van der Waals surface area contributed by atoms with E-state index in [9.17, 15) is 4.79 Å². The Balaban J connectivity index is 2.22. The molecule has 0 radical (unpaired) electrons. The summed E-state index contributed by atoms with van der Waals surface area (Å²) in [6.45, 7) is 1.97. The molecule has 1 heterocycles. The van der Waals surface area contributed by atoms with E-state index in [0.29, 0.717) is 22.8 Å². The van der Waals surface area contributed by atoms with Gasteiger partial charge in [-0.2, -0.15) is 0 Å². The third-order valence-corrected chi connectivity index (χ3v) is 3.75. The lowest BCUT2D eigenvalue weighted by atomic mass is 10.1. The van der Waals surface area contributed by atoms with Crippen LogP contribution < -0.4 is 4.74 Å². The third kappa shape index (κ3) is 2.90. The minimum Gasteiger partial charge on any atom is -0.465 e. The van der Waals surface area contributed by atoms with E-state index in [4.69, 9.17) is 25.5 Å². The number of furan rings is 1. The van der Waals surface area contributed by atoms with Gasteiger partial charge in [-0.1, -0.05) is 36.7 Å². The molecule has 0 aliphatic carbocycles. The molecule has 0 unspecified atom stereocenters. The van der Waals surface area contributed by atoms with Gasteiger partial charge in [0.1, 0.15) is 17.1 Å². The molecule has 0 bridgehead atoms. The van der Waals surface area contributed by atoms with Crippen LogP contribution in [0.4, 0.5) is 0 Å². The van der Waals surface area contributed by atoms with Gasteiger partial charge in [0, 0.05) is 11.8 Å². The van der Waals surface area contributed by atoms with E-state index in [1.54, 1.807) is 18.2 Å². The Labute approximate surface area is 138 Å². The van der Waals surface area contributed by atoms with Crippen molar-refractivity contribution >= 4 is 28.5 Å². The molecule has 118 valence electrons. The van der Waals surface area contributed by atoms with Crippen molar-refractivity contribution in [2.24, 2.45) is 0 Å². The second-order valence-corrected chi connectivity index (χ2v) is 5.36. The van der Waals surface area contributed by atoms with Crippen molar-refractivity contribution in [3.63, 3.8) is 0 Å². The number of esters is 1. The first kappa shape index (κ1) is 15.4. The molecule has 23 heavy (non-hydrogen) atoms. The number of methoxy groups -OCH3 is 1. The summed E-state index contributed by atoms with van der Waals surface area (Å²) in [6, 6.07) is 12.7. The topological polar surface area (TPSA) is 48.7 Å². The molecule has 0 saturated carbocycles. The minimum absolute atomic E-state index is 0.193. The van der Waals surface area contributed by atoms with E-state index in [-0.39, 0.29) is 11.3 Å². The van der Waals surface area contributed by atoms with Crippen molar-refractivity contribution < 1.29 is 18.7 Å². The molecule has 0 N–H and O–H groups in total. The molecule has 2 aromatic carbocycles. The number of halogens is 1. The predicted molar refractivity (Wildman–Crippen MR) is 88.5 cm³/mol. The van der Waals surface area contributed by atoms with Gasteiger partial charge in [-0.25, -0.2) is 4.79 Å². The van der Waals surface area contributed by atoms with Crippen LogP contribution in [0.3, 0.4) is 0 Å². The number of hydrogen-bond acceptors (Lipinski definition) is 4. The number of para-hydroxylation sites is 1. The summed E-state index contributed by atoms with van der Waals surface area (Å²) in [6.07, 6.45) is 0.710. The van der Waals surface area contributed by atoms with Gasteiger partial charge in [-0.05, 0) is 24.3 Å². The summed E-state index contributed by atoms with van der Waals surface area (Å²) < 4.78 is 16.5. The molecule has 1 aromatic heterocycles. The Morgan fingerprint density at radius 2 is 1.96 bits per heavy atom. The van der Waals surface area contributed by atoms with Crippen molar-refractivity contribution in [1.29, 1.82) is 0 Å². The number of carbonyl (C=O) groups is 1. The predicted octanol–water partition coefficient (Wildman–Crippen LogP) is 5.23. The lowest BCUT2D eigenvalue weighted by Crippen LogP contribution is -2.05. The summed E-state index contributed by atoms with van der Waals surface area (Å²) >= 11 is 6.34. The quantitative estimate of drug-likeness (QED) is 0.615. The van der Waals surface area contributed by atoms with Gasteiger partial charge >= 0.3 is 5.97 Å². The molecule has 3 rings (SSSR count). The highest BCUT2D eigenvalue weighted by atomic mass is 35.5. The normalized spacial score (nSPS) is 10.7. The molecule has 3 aromatic rings. The molecular formula is C18H15ClO4.